The summed E-state index contributed by atoms with van der Waals surface area (Å²) in [5.41, 5.74) is 6.75. The molecule has 2 amide bonds. The van der Waals surface area contributed by atoms with Crippen LogP contribution in [0, 0.1) is 17.8 Å². The number of anilines is 1. The van der Waals surface area contributed by atoms with Crippen LogP contribution in [0.4, 0.5) is 5.69 Å². The average molecular weight is 510 g/mol. The number of aliphatic hydroxyl groups excluding tert-OH is 1. The van der Waals surface area contributed by atoms with E-state index in [0.29, 0.717) is 5.69 Å². The maximum absolute atomic E-state index is 13.4. The molecule has 4 atom stereocenters. The molecule has 5 N–H and O–H groups in total. The monoisotopic (exact) mass is 509 g/mol. The Kier molecular flexibility index (Phi) is 11.4. The standard InChI is InChI=1S/C26H44N3O5P/c1-18(2)23(27)26(32)29(21-13-9-6-10-14-21)24(19(3)4)25(31)28-15-22(30)17-35(33,34)16-20-11-7-5-8-12-20/h6,9-10,13-14,18-20,22-24,30H,5,7-8,11-12,15-17,27H2,1-4H3,(H,28,31)(H,33,34)/t22-,23-,24-/m0/s1. The molecule has 0 bridgehead atoms. The highest BCUT2D eigenvalue weighted by molar-refractivity contribution is 7.58. The largest absolute Gasteiger partial charge is 0.391 e. The number of carbonyl (C=O) groups excluding carboxylic acids is 2. The molecule has 0 heterocycles. The van der Waals surface area contributed by atoms with Gasteiger partial charge in [-0.05, 0) is 42.7 Å². The topological polar surface area (TPSA) is 133 Å². The lowest BCUT2D eigenvalue weighted by Crippen LogP contribution is -2.58. The lowest BCUT2D eigenvalue weighted by Gasteiger charge is -2.36. The molecule has 1 aliphatic rings. The molecule has 1 aromatic rings. The summed E-state index contributed by atoms with van der Waals surface area (Å²) in [4.78, 5) is 38.5. The first-order valence-corrected chi connectivity index (χ1v) is 14.9. The third-order valence-electron chi connectivity index (χ3n) is 6.73. The Hall–Kier alpha value is -1.73. The SMILES string of the molecule is CC(C)[C@H](N)C(=O)N(c1ccccc1)[C@H](C(=O)NC[C@H](O)CP(=O)(O)CC1CCCCC1)C(C)C. The Morgan fingerprint density at radius 1 is 1.09 bits per heavy atom. The maximum Gasteiger partial charge on any atom is 0.244 e. The molecule has 9 heteroatoms. The minimum absolute atomic E-state index is 0.116. The van der Waals surface area contributed by atoms with E-state index < -0.39 is 31.5 Å². The van der Waals surface area contributed by atoms with Gasteiger partial charge in [-0.1, -0.05) is 65.2 Å². The van der Waals surface area contributed by atoms with E-state index in [1.165, 1.54) is 11.3 Å². The van der Waals surface area contributed by atoms with E-state index in [9.17, 15) is 24.2 Å². The molecule has 198 valence electrons. The van der Waals surface area contributed by atoms with Gasteiger partial charge in [0.2, 0.25) is 19.2 Å². The first-order chi connectivity index (χ1) is 16.4. The highest BCUT2D eigenvalue weighted by atomic mass is 31.2. The van der Waals surface area contributed by atoms with Crippen LogP contribution in [0.3, 0.4) is 0 Å². The van der Waals surface area contributed by atoms with Crippen molar-refractivity contribution in [3.05, 3.63) is 30.3 Å². The lowest BCUT2D eigenvalue weighted by atomic mass is 9.91. The predicted molar refractivity (Wildman–Crippen MR) is 141 cm³/mol. The summed E-state index contributed by atoms with van der Waals surface area (Å²) < 4.78 is 12.7. The zero-order valence-electron chi connectivity index (χ0n) is 21.6. The molecular weight excluding hydrogens is 465 g/mol. The fourth-order valence-corrected chi connectivity index (χ4v) is 6.85. The summed E-state index contributed by atoms with van der Waals surface area (Å²) in [6.07, 6.45) is 4.05. The van der Waals surface area contributed by atoms with Gasteiger partial charge in [0.05, 0.1) is 18.3 Å². The van der Waals surface area contributed by atoms with Gasteiger partial charge in [-0.3, -0.25) is 19.1 Å². The molecule has 1 aromatic carbocycles. The van der Waals surface area contributed by atoms with Crippen LogP contribution in [0.15, 0.2) is 30.3 Å². The minimum Gasteiger partial charge on any atom is -0.391 e. The van der Waals surface area contributed by atoms with Crippen LogP contribution in [0.1, 0.15) is 59.8 Å². The van der Waals surface area contributed by atoms with Gasteiger partial charge in [-0.2, -0.15) is 0 Å². The molecule has 0 spiro atoms. The number of hydrogen-bond donors (Lipinski definition) is 4. The number of aliphatic hydroxyl groups is 1. The summed E-state index contributed by atoms with van der Waals surface area (Å²) in [5.74, 6) is -0.928. The minimum atomic E-state index is -3.51. The smallest absolute Gasteiger partial charge is 0.244 e. The number of nitrogens with two attached hydrogens (primary N) is 1. The Labute approximate surface area is 210 Å². The van der Waals surface area contributed by atoms with E-state index in [0.717, 1.165) is 25.7 Å². The van der Waals surface area contributed by atoms with Crippen molar-refractivity contribution in [3.8, 4) is 0 Å². The molecule has 0 saturated heterocycles. The van der Waals surface area contributed by atoms with Crippen LogP contribution in [0.25, 0.3) is 0 Å². The van der Waals surface area contributed by atoms with Gasteiger partial charge in [0.15, 0.2) is 0 Å². The van der Waals surface area contributed by atoms with Crippen LogP contribution in [-0.4, -0.2) is 58.9 Å². The summed E-state index contributed by atoms with van der Waals surface area (Å²) in [7, 11) is -3.51. The molecule has 0 aliphatic heterocycles. The molecule has 2 rings (SSSR count). The molecule has 1 fully saturated rings. The van der Waals surface area contributed by atoms with Crippen molar-refractivity contribution >= 4 is 24.9 Å². The van der Waals surface area contributed by atoms with E-state index in [1.807, 2.05) is 33.8 Å². The Bertz CT molecular complexity index is 858. The lowest BCUT2D eigenvalue weighted by molar-refractivity contribution is -0.128. The van der Waals surface area contributed by atoms with E-state index in [2.05, 4.69) is 5.32 Å². The number of hydrogen-bond acceptors (Lipinski definition) is 5. The highest BCUT2D eigenvalue weighted by Crippen LogP contribution is 2.45. The van der Waals surface area contributed by atoms with Gasteiger partial charge < -0.3 is 21.1 Å². The number of para-hydroxylation sites is 1. The fraction of sp³-hybridized carbons (Fsp3) is 0.692. The number of benzene rings is 1. The Morgan fingerprint density at radius 2 is 1.69 bits per heavy atom. The predicted octanol–water partition coefficient (Wildman–Crippen LogP) is 3.36. The number of amides is 2. The number of carbonyl (C=O) groups is 2. The Morgan fingerprint density at radius 3 is 2.23 bits per heavy atom. The van der Waals surface area contributed by atoms with Crippen molar-refractivity contribution < 1.29 is 24.2 Å². The normalized spacial score (nSPS) is 19.1. The summed E-state index contributed by atoms with van der Waals surface area (Å²) >= 11 is 0. The highest BCUT2D eigenvalue weighted by Gasteiger charge is 2.37. The van der Waals surface area contributed by atoms with Gasteiger partial charge in [-0.15, -0.1) is 0 Å². The van der Waals surface area contributed by atoms with Crippen LogP contribution in [-0.2, 0) is 14.2 Å². The van der Waals surface area contributed by atoms with Gasteiger partial charge in [-0.25, -0.2) is 0 Å². The second-order valence-electron chi connectivity index (χ2n) is 10.6. The van der Waals surface area contributed by atoms with Gasteiger partial charge in [0.1, 0.15) is 6.04 Å². The van der Waals surface area contributed by atoms with Gasteiger partial charge in [0.25, 0.3) is 0 Å². The van der Waals surface area contributed by atoms with Crippen molar-refractivity contribution in [2.75, 3.05) is 23.8 Å². The first-order valence-electron chi connectivity index (χ1n) is 12.8. The molecule has 1 saturated carbocycles. The van der Waals surface area contributed by atoms with Crippen LogP contribution < -0.4 is 16.0 Å². The fourth-order valence-electron chi connectivity index (χ4n) is 4.74. The van der Waals surface area contributed by atoms with Crippen molar-refractivity contribution in [1.29, 1.82) is 0 Å². The number of nitrogens with one attached hydrogen (secondary N) is 1. The van der Waals surface area contributed by atoms with Crippen molar-refractivity contribution in [2.24, 2.45) is 23.5 Å². The summed E-state index contributed by atoms with van der Waals surface area (Å²) in [6.45, 7) is 7.23. The van der Waals surface area contributed by atoms with Crippen LogP contribution in [0.2, 0.25) is 0 Å². The van der Waals surface area contributed by atoms with E-state index >= 15 is 0 Å². The molecule has 1 unspecified atom stereocenters. The molecule has 0 radical (unpaired) electrons. The molecule has 1 aliphatic carbocycles. The van der Waals surface area contributed by atoms with E-state index in [4.69, 9.17) is 5.73 Å². The number of nitrogens with zero attached hydrogens (tertiary/aromatic N) is 1. The van der Waals surface area contributed by atoms with Crippen LogP contribution in [0.5, 0.6) is 0 Å². The number of rotatable bonds is 12. The maximum atomic E-state index is 13.4. The molecular formula is C26H44N3O5P. The van der Waals surface area contributed by atoms with Gasteiger partial charge in [0, 0.05) is 18.4 Å². The second-order valence-corrected chi connectivity index (χ2v) is 13.0. The zero-order valence-corrected chi connectivity index (χ0v) is 22.5. The van der Waals surface area contributed by atoms with E-state index in [-0.39, 0.29) is 42.5 Å². The average Bonchev–Trinajstić information content (AvgIpc) is 2.80. The van der Waals surface area contributed by atoms with Crippen molar-refractivity contribution in [3.63, 3.8) is 0 Å². The van der Waals surface area contributed by atoms with Crippen molar-refractivity contribution in [2.45, 2.75) is 78.0 Å². The van der Waals surface area contributed by atoms with Gasteiger partial charge >= 0.3 is 0 Å². The van der Waals surface area contributed by atoms with Crippen molar-refractivity contribution in [1.82, 2.24) is 5.32 Å². The van der Waals surface area contributed by atoms with E-state index in [1.54, 1.807) is 24.3 Å². The third-order valence-corrected chi connectivity index (χ3v) is 8.81. The third kappa shape index (κ3) is 9.02. The zero-order chi connectivity index (χ0) is 26.2. The summed E-state index contributed by atoms with van der Waals surface area (Å²) in [5, 5.41) is 13.2. The molecule has 35 heavy (non-hydrogen) atoms. The summed E-state index contributed by atoms with van der Waals surface area (Å²) in [6, 6.07) is 7.29. The quantitative estimate of drug-likeness (QED) is 0.320. The second kappa shape index (κ2) is 13.5. The molecule has 0 aromatic heterocycles. The van der Waals surface area contributed by atoms with Crippen LogP contribution >= 0.6 is 7.37 Å². The molecule has 8 nitrogen and oxygen atoms in total. The Balaban J connectivity index is 2.10. The first kappa shape index (κ1) is 29.5.